The summed E-state index contributed by atoms with van der Waals surface area (Å²) in [4.78, 5) is 55.7. The SMILES string of the molecule is CC(C)CNC(=O)C(Cc1ccccc1)N(Cc1c(Cl)cccc1Cl)C(=O)CCCN1C(=O)c2ccccc2C1=O. The second kappa shape index (κ2) is 13.8. The number of benzene rings is 3. The van der Waals surface area contributed by atoms with Crippen LogP contribution in [-0.4, -0.2) is 52.6 Å². The number of carbonyl (C=O) groups excluding carboxylic acids is 4. The summed E-state index contributed by atoms with van der Waals surface area (Å²) in [6.07, 6.45) is 0.540. The summed E-state index contributed by atoms with van der Waals surface area (Å²) >= 11 is 13.0. The predicted octanol–water partition coefficient (Wildman–Crippen LogP) is 5.78. The van der Waals surface area contributed by atoms with Gasteiger partial charge in [-0.1, -0.05) is 85.6 Å². The monoisotopic (exact) mass is 593 g/mol. The van der Waals surface area contributed by atoms with E-state index >= 15 is 0 Å². The van der Waals surface area contributed by atoms with Crippen molar-refractivity contribution in [2.24, 2.45) is 5.92 Å². The highest BCUT2D eigenvalue weighted by atomic mass is 35.5. The van der Waals surface area contributed by atoms with Crippen molar-refractivity contribution in [2.75, 3.05) is 13.1 Å². The zero-order valence-corrected chi connectivity index (χ0v) is 24.6. The van der Waals surface area contributed by atoms with Crippen molar-refractivity contribution in [1.29, 1.82) is 0 Å². The molecule has 0 fully saturated rings. The molecule has 41 heavy (non-hydrogen) atoms. The van der Waals surface area contributed by atoms with Crippen LogP contribution >= 0.6 is 23.2 Å². The minimum Gasteiger partial charge on any atom is -0.354 e. The highest BCUT2D eigenvalue weighted by Crippen LogP contribution is 2.28. The minimum absolute atomic E-state index is 0.0121. The molecule has 0 saturated heterocycles. The Kier molecular flexibility index (Phi) is 10.2. The van der Waals surface area contributed by atoms with Gasteiger partial charge in [-0.15, -0.1) is 0 Å². The van der Waals surface area contributed by atoms with E-state index in [2.05, 4.69) is 5.32 Å². The summed E-state index contributed by atoms with van der Waals surface area (Å²) in [7, 11) is 0. The molecule has 3 aromatic rings. The Hall–Kier alpha value is -3.68. The molecule has 3 aromatic carbocycles. The molecule has 7 nitrogen and oxygen atoms in total. The van der Waals surface area contributed by atoms with Gasteiger partial charge >= 0.3 is 0 Å². The number of rotatable bonds is 12. The Bertz CT molecular complexity index is 1370. The van der Waals surface area contributed by atoms with Gasteiger partial charge in [0.1, 0.15) is 6.04 Å². The number of nitrogens with one attached hydrogen (secondary N) is 1. The number of fused-ring (bicyclic) bond motifs is 1. The van der Waals surface area contributed by atoms with Gasteiger partial charge in [-0.3, -0.25) is 24.1 Å². The quantitative estimate of drug-likeness (QED) is 0.270. The molecule has 1 atom stereocenters. The summed E-state index contributed by atoms with van der Waals surface area (Å²) < 4.78 is 0. The lowest BCUT2D eigenvalue weighted by Gasteiger charge is -2.32. The zero-order valence-electron chi connectivity index (χ0n) is 23.1. The van der Waals surface area contributed by atoms with Crippen molar-refractivity contribution in [3.63, 3.8) is 0 Å². The molecule has 214 valence electrons. The fraction of sp³-hybridized carbons (Fsp3) is 0.312. The van der Waals surface area contributed by atoms with Crippen LogP contribution in [0.2, 0.25) is 10.0 Å². The van der Waals surface area contributed by atoms with Crippen molar-refractivity contribution >= 4 is 46.8 Å². The van der Waals surface area contributed by atoms with E-state index in [1.165, 1.54) is 9.80 Å². The van der Waals surface area contributed by atoms with Crippen LogP contribution in [0.4, 0.5) is 0 Å². The highest BCUT2D eigenvalue weighted by Gasteiger charge is 2.35. The van der Waals surface area contributed by atoms with E-state index < -0.39 is 6.04 Å². The van der Waals surface area contributed by atoms with Gasteiger partial charge in [0.15, 0.2) is 0 Å². The molecule has 0 radical (unpaired) electrons. The average Bonchev–Trinajstić information content (AvgIpc) is 3.20. The van der Waals surface area contributed by atoms with E-state index in [4.69, 9.17) is 23.2 Å². The molecule has 0 bridgehead atoms. The van der Waals surface area contributed by atoms with E-state index in [-0.39, 0.29) is 61.9 Å². The maximum atomic E-state index is 13.9. The van der Waals surface area contributed by atoms with Crippen molar-refractivity contribution in [2.45, 2.75) is 45.7 Å². The van der Waals surface area contributed by atoms with Gasteiger partial charge in [0.25, 0.3) is 11.8 Å². The average molecular weight is 595 g/mol. The standard InChI is InChI=1S/C32H33Cl2N3O4/c1-21(2)19-35-30(39)28(18-22-10-4-3-5-11-22)37(20-25-26(33)14-8-15-27(25)34)29(38)16-9-17-36-31(40)23-12-6-7-13-24(23)32(36)41/h3-8,10-15,21,28H,9,16-20H2,1-2H3,(H,35,39). The van der Waals surface area contributed by atoms with E-state index in [0.29, 0.717) is 33.3 Å². The summed E-state index contributed by atoms with van der Waals surface area (Å²) in [5, 5.41) is 3.76. The Morgan fingerprint density at radius 2 is 1.44 bits per heavy atom. The van der Waals surface area contributed by atoms with Crippen molar-refractivity contribution in [3.8, 4) is 0 Å². The molecular weight excluding hydrogens is 561 g/mol. The van der Waals surface area contributed by atoms with Crippen LogP contribution in [0.5, 0.6) is 0 Å². The van der Waals surface area contributed by atoms with E-state index in [1.54, 1.807) is 42.5 Å². The fourth-order valence-corrected chi connectivity index (χ4v) is 5.32. The number of imide groups is 1. The highest BCUT2D eigenvalue weighted by molar-refractivity contribution is 6.36. The maximum Gasteiger partial charge on any atom is 0.261 e. The van der Waals surface area contributed by atoms with Crippen molar-refractivity contribution in [1.82, 2.24) is 15.1 Å². The van der Waals surface area contributed by atoms with Gasteiger partial charge in [0.05, 0.1) is 11.1 Å². The third kappa shape index (κ3) is 7.34. The largest absolute Gasteiger partial charge is 0.354 e. The molecule has 4 rings (SSSR count). The van der Waals surface area contributed by atoms with Crippen molar-refractivity contribution in [3.05, 3.63) is 105 Å². The van der Waals surface area contributed by atoms with Crippen LogP contribution in [0.15, 0.2) is 72.8 Å². The molecule has 1 unspecified atom stereocenters. The van der Waals surface area contributed by atoms with E-state index in [0.717, 1.165) is 5.56 Å². The summed E-state index contributed by atoms with van der Waals surface area (Å²) in [6, 6.07) is 20.4. The number of nitrogens with zero attached hydrogens (tertiary/aromatic N) is 2. The first kappa shape index (κ1) is 30.3. The molecule has 1 aliphatic heterocycles. The Labute approximate surface area is 250 Å². The third-order valence-electron chi connectivity index (χ3n) is 7.00. The molecule has 9 heteroatoms. The van der Waals surface area contributed by atoms with Gasteiger partial charge in [-0.2, -0.15) is 0 Å². The molecule has 1 N–H and O–H groups in total. The minimum atomic E-state index is -0.838. The first-order chi connectivity index (χ1) is 19.7. The van der Waals surface area contributed by atoms with Gasteiger partial charge in [0, 0.05) is 48.1 Å². The Balaban J connectivity index is 1.58. The van der Waals surface area contributed by atoms with E-state index in [1.807, 2.05) is 44.2 Å². The van der Waals surface area contributed by atoms with Crippen LogP contribution in [0.25, 0.3) is 0 Å². The van der Waals surface area contributed by atoms with Crippen LogP contribution in [0.3, 0.4) is 0 Å². The maximum absolute atomic E-state index is 13.9. The summed E-state index contributed by atoms with van der Waals surface area (Å²) in [5.74, 6) is -1.10. The number of hydrogen-bond donors (Lipinski definition) is 1. The Morgan fingerprint density at radius 1 is 0.854 bits per heavy atom. The lowest BCUT2D eigenvalue weighted by molar-refractivity contribution is -0.141. The number of amides is 4. The number of halogens is 2. The number of hydrogen-bond acceptors (Lipinski definition) is 4. The molecular formula is C32H33Cl2N3O4. The first-order valence-electron chi connectivity index (χ1n) is 13.7. The molecule has 0 saturated carbocycles. The van der Waals surface area contributed by atoms with Crippen molar-refractivity contribution < 1.29 is 19.2 Å². The topological polar surface area (TPSA) is 86.8 Å². The van der Waals surface area contributed by atoms with Crippen LogP contribution in [0, 0.1) is 5.92 Å². The predicted molar refractivity (Wildman–Crippen MR) is 160 cm³/mol. The van der Waals surface area contributed by atoms with Gasteiger partial charge in [0.2, 0.25) is 11.8 Å². The van der Waals surface area contributed by atoms with Crippen LogP contribution < -0.4 is 5.32 Å². The van der Waals surface area contributed by atoms with Gasteiger partial charge in [-0.25, -0.2) is 0 Å². The first-order valence-corrected chi connectivity index (χ1v) is 14.4. The molecule has 1 heterocycles. The summed E-state index contributed by atoms with van der Waals surface area (Å²) in [6.45, 7) is 4.56. The van der Waals surface area contributed by atoms with Gasteiger partial charge in [-0.05, 0) is 42.2 Å². The second-order valence-electron chi connectivity index (χ2n) is 10.5. The molecule has 1 aliphatic rings. The lowest BCUT2D eigenvalue weighted by atomic mass is 10.0. The van der Waals surface area contributed by atoms with Crippen LogP contribution in [-0.2, 0) is 22.6 Å². The molecule has 4 amide bonds. The lowest BCUT2D eigenvalue weighted by Crippen LogP contribution is -2.51. The normalized spacial score (nSPS) is 13.3. The van der Waals surface area contributed by atoms with Crippen LogP contribution in [0.1, 0.15) is 58.5 Å². The fourth-order valence-electron chi connectivity index (χ4n) is 4.80. The number of carbonyl (C=O) groups is 4. The second-order valence-corrected chi connectivity index (χ2v) is 11.3. The molecule has 0 aliphatic carbocycles. The summed E-state index contributed by atoms with van der Waals surface area (Å²) in [5.41, 5.74) is 2.16. The zero-order chi connectivity index (χ0) is 29.5. The Morgan fingerprint density at radius 3 is 2.02 bits per heavy atom. The smallest absolute Gasteiger partial charge is 0.261 e. The third-order valence-corrected chi connectivity index (χ3v) is 7.70. The van der Waals surface area contributed by atoms with Gasteiger partial charge < -0.3 is 10.2 Å². The van der Waals surface area contributed by atoms with E-state index in [9.17, 15) is 19.2 Å². The molecule has 0 spiro atoms. The molecule has 0 aromatic heterocycles.